The van der Waals surface area contributed by atoms with Gasteiger partial charge >= 0.3 is 0 Å². The summed E-state index contributed by atoms with van der Waals surface area (Å²) in [6.07, 6.45) is 7.92. The van der Waals surface area contributed by atoms with Gasteiger partial charge in [0.05, 0.1) is 0 Å². The molecule has 1 heteroatoms. The molecule has 0 fully saturated rings. The van der Waals surface area contributed by atoms with Crippen LogP contribution in [0.4, 0.5) is 0 Å². The van der Waals surface area contributed by atoms with Crippen LogP contribution in [0, 0.1) is 0 Å². The molecule has 0 aliphatic heterocycles. The second kappa shape index (κ2) is 4.65. The van der Waals surface area contributed by atoms with Crippen LogP contribution in [0.1, 0.15) is 66.2 Å². The van der Waals surface area contributed by atoms with E-state index in [1.807, 2.05) is 0 Å². The molecule has 0 saturated carbocycles. The Hall–Kier alpha value is -0.720. The van der Waals surface area contributed by atoms with Crippen LogP contribution in [0.3, 0.4) is 0 Å². The standard InChI is InChI=1S/C15H25N/c1-11(2)16(14-9-5-7-12(14)3)15-10-6-8-13(15)4/h11H,5-10H2,1-4H3. The third-order valence-corrected chi connectivity index (χ3v) is 4.01. The Labute approximate surface area is 100 Å². The third kappa shape index (κ3) is 2.05. The number of nitrogens with zero attached hydrogens (tertiary/aromatic N) is 1. The van der Waals surface area contributed by atoms with Gasteiger partial charge in [-0.3, -0.25) is 0 Å². The molecule has 0 heterocycles. The lowest BCUT2D eigenvalue weighted by molar-refractivity contribution is 0.334. The summed E-state index contributed by atoms with van der Waals surface area (Å²) in [5.41, 5.74) is 6.51. The van der Waals surface area contributed by atoms with Crippen LogP contribution in [-0.4, -0.2) is 10.9 Å². The average Bonchev–Trinajstić information content (AvgIpc) is 2.79. The molecule has 16 heavy (non-hydrogen) atoms. The van der Waals surface area contributed by atoms with Crippen LogP contribution in [0.2, 0.25) is 0 Å². The predicted octanol–water partition coefficient (Wildman–Crippen LogP) is 4.61. The smallest absolute Gasteiger partial charge is 0.0279 e. The Kier molecular flexibility index (Phi) is 3.41. The lowest BCUT2D eigenvalue weighted by Gasteiger charge is -2.33. The fraction of sp³-hybridized carbons (Fsp3) is 0.733. The molecule has 1 nitrogen and oxygen atoms in total. The molecule has 0 spiro atoms. The van der Waals surface area contributed by atoms with Gasteiger partial charge in [0.1, 0.15) is 0 Å². The van der Waals surface area contributed by atoms with Crippen molar-refractivity contribution in [3.05, 3.63) is 22.5 Å². The Morgan fingerprint density at radius 3 is 1.50 bits per heavy atom. The van der Waals surface area contributed by atoms with Gasteiger partial charge in [0.2, 0.25) is 0 Å². The first-order valence-corrected chi connectivity index (χ1v) is 6.77. The lowest BCUT2D eigenvalue weighted by atomic mass is 10.1. The molecule has 0 saturated heterocycles. The van der Waals surface area contributed by atoms with Gasteiger partial charge in [0.25, 0.3) is 0 Å². The molecule has 90 valence electrons. The first-order valence-electron chi connectivity index (χ1n) is 6.77. The highest BCUT2D eigenvalue weighted by atomic mass is 15.2. The van der Waals surface area contributed by atoms with E-state index in [9.17, 15) is 0 Å². The van der Waals surface area contributed by atoms with E-state index in [2.05, 4.69) is 32.6 Å². The fourth-order valence-electron chi connectivity index (χ4n) is 3.20. The summed E-state index contributed by atoms with van der Waals surface area (Å²) in [4.78, 5) is 2.64. The van der Waals surface area contributed by atoms with Gasteiger partial charge in [0, 0.05) is 17.4 Å². The van der Waals surface area contributed by atoms with E-state index >= 15 is 0 Å². The van der Waals surface area contributed by atoms with E-state index in [4.69, 9.17) is 0 Å². The molecular formula is C15H25N. The number of hydrogen-bond donors (Lipinski definition) is 0. The topological polar surface area (TPSA) is 3.24 Å². The molecule has 0 aromatic rings. The molecule has 0 bridgehead atoms. The summed E-state index contributed by atoms with van der Waals surface area (Å²) < 4.78 is 0. The second-order valence-electron chi connectivity index (χ2n) is 5.62. The fourth-order valence-corrected chi connectivity index (χ4v) is 3.20. The van der Waals surface area contributed by atoms with Gasteiger partial charge in [-0.2, -0.15) is 0 Å². The van der Waals surface area contributed by atoms with E-state index < -0.39 is 0 Å². The van der Waals surface area contributed by atoms with Crippen LogP contribution >= 0.6 is 0 Å². The van der Waals surface area contributed by atoms with Crippen molar-refractivity contribution in [3.8, 4) is 0 Å². The van der Waals surface area contributed by atoms with Gasteiger partial charge in [-0.1, -0.05) is 11.1 Å². The SMILES string of the molecule is CC1=C(N(C2=C(C)CCC2)C(C)C)CCC1. The summed E-state index contributed by atoms with van der Waals surface area (Å²) in [5, 5.41) is 0. The van der Waals surface area contributed by atoms with Crippen LogP contribution in [0.25, 0.3) is 0 Å². The Morgan fingerprint density at radius 1 is 0.812 bits per heavy atom. The molecular weight excluding hydrogens is 194 g/mol. The summed E-state index contributed by atoms with van der Waals surface area (Å²) in [7, 11) is 0. The molecule has 2 rings (SSSR count). The van der Waals surface area contributed by atoms with E-state index in [0.717, 1.165) is 0 Å². The maximum atomic E-state index is 2.64. The van der Waals surface area contributed by atoms with E-state index in [0.29, 0.717) is 6.04 Å². The second-order valence-corrected chi connectivity index (χ2v) is 5.62. The van der Waals surface area contributed by atoms with E-state index in [1.165, 1.54) is 38.5 Å². The first kappa shape index (κ1) is 11.8. The van der Waals surface area contributed by atoms with Crippen LogP contribution in [-0.2, 0) is 0 Å². The summed E-state index contributed by atoms with van der Waals surface area (Å²) >= 11 is 0. The average molecular weight is 219 g/mol. The van der Waals surface area contributed by atoms with Gasteiger partial charge in [0.15, 0.2) is 0 Å². The lowest BCUT2D eigenvalue weighted by Crippen LogP contribution is -2.29. The molecule has 0 aromatic heterocycles. The zero-order chi connectivity index (χ0) is 11.7. The molecule has 0 radical (unpaired) electrons. The number of rotatable bonds is 3. The summed E-state index contributed by atoms with van der Waals surface area (Å²) in [5.74, 6) is 0. The number of hydrogen-bond acceptors (Lipinski definition) is 1. The van der Waals surface area contributed by atoms with Crippen molar-refractivity contribution in [2.45, 2.75) is 72.3 Å². The highest BCUT2D eigenvalue weighted by Gasteiger charge is 2.25. The van der Waals surface area contributed by atoms with Crippen molar-refractivity contribution in [2.24, 2.45) is 0 Å². The van der Waals surface area contributed by atoms with E-state index in [1.54, 1.807) is 22.5 Å². The maximum absolute atomic E-state index is 2.64. The maximum Gasteiger partial charge on any atom is 0.0279 e. The zero-order valence-electron chi connectivity index (χ0n) is 11.3. The van der Waals surface area contributed by atoms with Gasteiger partial charge < -0.3 is 4.90 Å². The molecule has 0 N–H and O–H groups in total. The Bertz CT molecular complexity index is 303. The number of allylic oxidation sites excluding steroid dienone is 4. The van der Waals surface area contributed by atoms with Crippen LogP contribution < -0.4 is 0 Å². The van der Waals surface area contributed by atoms with Crippen molar-refractivity contribution in [1.82, 2.24) is 4.90 Å². The van der Waals surface area contributed by atoms with Gasteiger partial charge in [-0.25, -0.2) is 0 Å². The molecule has 0 amide bonds. The van der Waals surface area contributed by atoms with E-state index in [-0.39, 0.29) is 0 Å². The van der Waals surface area contributed by atoms with Crippen molar-refractivity contribution in [3.63, 3.8) is 0 Å². The minimum absolute atomic E-state index is 0.617. The van der Waals surface area contributed by atoms with Gasteiger partial charge in [-0.15, -0.1) is 0 Å². The third-order valence-electron chi connectivity index (χ3n) is 4.01. The minimum atomic E-state index is 0.617. The van der Waals surface area contributed by atoms with Crippen LogP contribution in [0.5, 0.6) is 0 Å². The minimum Gasteiger partial charge on any atom is -0.346 e. The molecule has 0 aromatic carbocycles. The van der Waals surface area contributed by atoms with Crippen molar-refractivity contribution in [2.75, 3.05) is 0 Å². The normalized spacial score (nSPS) is 21.6. The Balaban J connectivity index is 2.31. The monoisotopic (exact) mass is 219 g/mol. The van der Waals surface area contributed by atoms with Crippen LogP contribution in [0.15, 0.2) is 22.5 Å². The molecule has 0 unspecified atom stereocenters. The van der Waals surface area contributed by atoms with Crippen molar-refractivity contribution >= 4 is 0 Å². The predicted molar refractivity (Wildman–Crippen MR) is 70.1 cm³/mol. The Morgan fingerprint density at radius 2 is 1.25 bits per heavy atom. The molecule has 2 aliphatic carbocycles. The summed E-state index contributed by atoms with van der Waals surface area (Å²) in [6, 6.07) is 0.617. The van der Waals surface area contributed by atoms with Gasteiger partial charge in [-0.05, 0) is 66.2 Å². The highest BCUT2D eigenvalue weighted by molar-refractivity contribution is 5.27. The molecule has 0 atom stereocenters. The quantitative estimate of drug-likeness (QED) is 0.670. The van der Waals surface area contributed by atoms with Crippen molar-refractivity contribution in [1.29, 1.82) is 0 Å². The summed E-state index contributed by atoms with van der Waals surface area (Å²) in [6.45, 7) is 9.31. The first-order chi connectivity index (χ1) is 7.61. The van der Waals surface area contributed by atoms with Crippen molar-refractivity contribution < 1.29 is 0 Å². The highest BCUT2D eigenvalue weighted by Crippen LogP contribution is 2.37. The largest absolute Gasteiger partial charge is 0.346 e. The molecule has 2 aliphatic rings. The zero-order valence-corrected chi connectivity index (χ0v) is 11.3.